The van der Waals surface area contributed by atoms with Crippen LogP contribution in [0.4, 0.5) is 0 Å². The van der Waals surface area contributed by atoms with Crippen LogP contribution in [0.25, 0.3) is 0 Å². The highest BCUT2D eigenvalue weighted by Gasteiger charge is 2.55. The molecule has 0 aromatic heterocycles. The summed E-state index contributed by atoms with van der Waals surface area (Å²) in [5.41, 5.74) is -2.44. The van der Waals surface area contributed by atoms with Gasteiger partial charge in [0.2, 0.25) is 0 Å². The maximum Gasteiger partial charge on any atom is 0.533 e. The second kappa shape index (κ2) is 2.08. The number of nitrogens with zero attached hydrogens (tertiary/aromatic N) is 4. The van der Waals surface area contributed by atoms with Gasteiger partial charge in [-0.05, 0) is 0 Å². The maximum atomic E-state index is 10.1. The molecule has 0 aromatic carbocycles. The van der Waals surface area contributed by atoms with E-state index in [1.807, 2.05) is 0 Å². The van der Waals surface area contributed by atoms with Crippen LogP contribution in [0.2, 0.25) is 0 Å². The Morgan fingerprint density at radius 2 is 1.45 bits per heavy atom. The van der Waals surface area contributed by atoms with E-state index in [9.17, 15) is 20.2 Å². The summed E-state index contributed by atoms with van der Waals surface area (Å²) in [7, 11) is 0. The molecule has 0 radical (unpaired) electrons. The highest BCUT2D eigenvalue weighted by Crippen LogP contribution is 2.09. The van der Waals surface area contributed by atoms with Gasteiger partial charge in [-0.3, -0.25) is 20.2 Å². The first-order valence-electron chi connectivity index (χ1n) is 2.47. The van der Waals surface area contributed by atoms with Crippen LogP contribution in [0.5, 0.6) is 0 Å². The summed E-state index contributed by atoms with van der Waals surface area (Å²) in [4.78, 5) is 18.2. The lowest BCUT2D eigenvalue weighted by atomic mass is 10.2. The molecular weight excluding hydrogens is 156 g/mol. The third-order valence-corrected chi connectivity index (χ3v) is 1.15. The molecule has 8 heteroatoms. The Bertz CT molecular complexity index is 241. The zero-order valence-electron chi connectivity index (χ0n) is 5.08. The Morgan fingerprint density at radius 3 is 1.64 bits per heavy atom. The van der Waals surface area contributed by atoms with Gasteiger partial charge in [0.1, 0.15) is 9.85 Å². The molecule has 11 heavy (non-hydrogen) atoms. The van der Waals surface area contributed by atoms with Gasteiger partial charge >= 0.3 is 5.66 Å². The molecule has 1 rings (SSSR count). The molecule has 1 heterocycles. The summed E-state index contributed by atoms with van der Waals surface area (Å²) in [6, 6.07) is 0. The lowest BCUT2D eigenvalue weighted by Gasteiger charge is -2.02. The highest BCUT2D eigenvalue weighted by molar-refractivity contribution is 5.92. The summed E-state index contributed by atoms with van der Waals surface area (Å²) < 4.78 is 0. The summed E-state index contributed by atoms with van der Waals surface area (Å²) in [6.45, 7) is 0. The van der Waals surface area contributed by atoms with Crippen molar-refractivity contribution >= 4 is 12.4 Å². The quantitative estimate of drug-likeness (QED) is 0.300. The van der Waals surface area contributed by atoms with Gasteiger partial charge in [-0.15, -0.1) is 10.2 Å². The molecule has 8 nitrogen and oxygen atoms in total. The molecule has 1 aliphatic heterocycles. The van der Waals surface area contributed by atoms with Crippen molar-refractivity contribution in [3.8, 4) is 0 Å². The van der Waals surface area contributed by atoms with Crippen LogP contribution in [0, 0.1) is 20.2 Å². The van der Waals surface area contributed by atoms with E-state index in [2.05, 4.69) is 10.2 Å². The SMILES string of the molecule is O=[N+]([O-])C1([N+](=O)[O-])C=NN=C1. The van der Waals surface area contributed by atoms with E-state index in [1.54, 1.807) is 0 Å². The van der Waals surface area contributed by atoms with Crippen LogP contribution < -0.4 is 0 Å². The molecule has 0 bridgehead atoms. The van der Waals surface area contributed by atoms with Crippen molar-refractivity contribution in [1.29, 1.82) is 0 Å². The van der Waals surface area contributed by atoms with Crippen LogP contribution >= 0.6 is 0 Å². The van der Waals surface area contributed by atoms with Gasteiger partial charge in [0.15, 0.2) is 12.4 Å². The Kier molecular flexibility index (Phi) is 1.37. The standard InChI is InChI=1S/C3H2N4O4/c8-6(9)3(7(10)11)1-4-5-2-3/h1-2H. The Labute approximate surface area is 59.5 Å². The number of hydrogen-bond donors (Lipinski definition) is 0. The van der Waals surface area contributed by atoms with E-state index < -0.39 is 15.5 Å². The second-order valence-corrected chi connectivity index (χ2v) is 1.79. The first-order chi connectivity index (χ1) is 5.09. The number of hydrogen-bond acceptors (Lipinski definition) is 6. The molecule has 0 aliphatic carbocycles. The van der Waals surface area contributed by atoms with Crippen LogP contribution in [0.15, 0.2) is 10.2 Å². The summed E-state index contributed by atoms with van der Waals surface area (Å²) in [5, 5.41) is 26.4. The number of rotatable bonds is 2. The minimum absolute atomic E-state index is 0.576. The fourth-order valence-corrected chi connectivity index (χ4v) is 0.525. The van der Waals surface area contributed by atoms with Crippen LogP contribution in [0.1, 0.15) is 0 Å². The van der Waals surface area contributed by atoms with Gasteiger partial charge in [0, 0.05) is 0 Å². The highest BCUT2D eigenvalue weighted by atomic mass is 16.7. The fourth-order valence-electron chi connectivity index (χ4n) is 0.525. The van der Waals surface area contributed by atoms with Crippen LogP contribution in [-0.4, -0.2) is 27.9 Å². The average Bonchev–Trinajstić information content (AvgIpc) is 2.34. The predicted octanol–water partition coefficient (Wildman–Crippen LogP) is -0.694. The Hall–Kier alpha value is -1.86. The molecule has 58 valence electrons. The van der Waals surface area contributed by atoms with Crippen LogP contribution in [0.3, 0.4) is 0 Å². The summed E-state index contributed by atoms with van der Waals surface area (Å²) in [5.74, 6) is 0. The monoisotopic (exact) mass is 158 g/mol. The van der Waals surface area contributed by atoms with E-state index >= 15 is 0 Å². The van der Waals surface area contributed by atoms with Crippen molar-refractivity contribution in [3.05, 3.63) is 20.2 Å². The molecule has 0 unspecified atom stereocenters. The molecule has 0 saturated heterocycles. The van der Waals surface area contributed by atoms with E-state index in [-0.39, 0.29) is 0 Å². The zero-order chi connectivity index (χ0) is 8.48. The van der Waals surface area contributed by atoms with E-state index in [0.29, 0.717) is 12.4 Å². The Balaban J connectivity index is 3.09. The minimum Gasteiger partial charge on any atom is -0.258 e. The first-order valence-corrected chi connectivity index (χ1v) is 2.47. The van der Waals surface area contributed by atoms with Crippen molar-refractivity contribution in [1.82, 2.24) is 0 Å². The van der Waals surface area contributed by atoms with Crippen molar-refractivity contribution in [2.24, 2.45) is 10.2 Å². The molecular formula is C3H2N4O4. The van der Waals surface area contributed by atoms with Gasteiger partial charge in [-0.25, -0.2) is 0 Å². The third kappa shape index (κ3) is 0.838. The minimum atomic E-state index is -2.44. The van der Waals surface area contributed by atoms with Gasteiger partial charge in [0.25, 0.3) is 0 Å². The Morgan fingerprint density at radius 1 is 1.09 bits per heavy atom. The van der Waals surface area contributed by atoms with E-state index in [1.165, 1.54) is 0 Å². The first kappa shape index (κ1) is 7.25. The molecule has 0 N–H and O–H groups in total. The normalized spacial score (nSPS) is 18.5. The predicted molar refractivity (Wildman–Crippen MR) is 33.7 cm³/mol. The second-order valence-electron chi connectivity index (χ2n) is 1.79. The maximum absolute atomic E-state index is 10.1. The van der Waals surface area contributed by atoms with Crippen LogP contribution in [-0.2, 0) is 0 Å². The lowest BCUT2D eigenvalue weighted by Crippen LogP contribution is -2.47. The topological polar surface area (TPSA) is 111 Å². The molecule has 0 aromatic rings. The largest absolute Gasteiger partial charge is 0.533 e. The molecule has 0 saturated carbocycles. The van der Waals surface area contributed by atoms with Gasteiger partial charge in [0.05, 0.1) is 0 Å². The van der Waals surface area contributed by atoms with Gasteiger partial charge in [-0.1, -0.05) is 0 Å². The van der Waals surface area contributed by atoms with E-state index in [4.69, 9.17) is 0 Å². The molecule has 0 spiro atoms. The van der Waals surface area contributed by atoms with Crippen molar-refractivity contribution in [2.75, 3.05) is 0 Å². The van der Waals surface area contributed by atoms with Crippen molar-refractivity contribution in [2.45, 2.75) is 5.66 Å². The molecule has 0 amide bonds. The van der Waals surface area contributed by atoms with Crippen molar-refractivity contribution < 1.29 is 9.85 Å². The summed E-state index contributed by atoms with van der Waals surface area (Å²) in [6.07, 6.45) is 1.15. The molecule has 0 atom stereocenters. The molecule has 1 aliphatic rings. The van der Waals surface area contributed by atoms with E-state index in [0.717, 1.165) is 0 Å². The van der Waals surface area contributed by atoms with Gasteiger partial charge in [-0.2, -0.15) is 0 Å². The fraction of sp³-hybridized carbons (Fsp3) is 0.333. The summed E-state index contributed by atoms with van der Waals surface area (Å²) >= 11 is 0. The van der Waals surface area contributed by atoms with Crippen molar-refractivity contribution in [3.63, 3.8) is 0 Å². The van der Waals surface area contributed by atoms with Gasteiger partial charge < -0.3 is 0 Å². The molecule has 0 fully saturated rings. The number of nitro groups is 2. The third-order valence-electron chi connectivity index (χ3n) is 1.15. The lowest BCUT2D eigenvalue weighted by molar-refractivity contribution is -0.744. The smallest absolute Gasteiger partial charge is 0.258 e. The average molecular weight is 158 g/mol. The zero-order valence-corrected chi connectivity index (χ0v) is 5.08.